The third-order valence-electron chi connectivity index (χ3n) is 2.80. The molecule has 0 radical (unpaired) electrons. The van der Waals surface area contributed by atoms with Gasteiger partial charge in [0.25, 0.3) is 10.1 Å². The molecule has 0 saturated carbocycles. The minimum absolute atomic E-state index is 0.158. The quantitative estimate of drug-likeness (QED) is 0.691. The normalized spacial score (nSPS) is 21.1. The Kier molecular flexibility index (Phi) is 4.51. The largest absolute Gasteiger partial charge is 0.300 e. The number of hydrogen-bond donors (Lipinski definition) is 1. The molecule has 1 N–H and O–H groups in total. The molecule has 0 aliphatic carbocycles. The van der Waals surface area contributed by atoms with Crippen molar-refractivity contribution in [1.82, 2.24) is 9.80 Å². The molecule has 1 saturated heterocycles. The molecule has 0 aromatic carbocycles. The molecular weight excluding hydrogens is 216 g/mol. The molecule has 5 nitrogen and oxygen atoms in total. The van der Waals surface area contributed by atoms with Gasteiger partial charge in [-0.15, -0.1) is 0 Å². The highest BCUT2D eigenvalue weighted by atomic mass is 32.2. The first-order chi connectivity index (χ1) is 6.88. The molecule has 0 bridgehead atoms. The molecule has 0 unspecified atom stereocenters. The van der Waals surface area contributed by atoms with Crippen LogP contribution in [0.25, 0.3) is 0 Å². The van der Waals surface area contributed by atoms with Gasteiger partial charge in [0.05, 0.1) is 5.75 Å². The van der Waals surface area contributed by atoms with E-state index < -0.39 is 10.1 Å². The van der Waals surface area contributed by atoms with Gasteiger partial charge < -0.3 is 0 Å². The maximum Gasteiger partial charge on any atom is 0.266 e. The lowest BCUT2D eigenvalue weighted by Crippen LogP contribution is -2.49. The summed E-state index contributed by atoms with van der Waals surface area (Å²) in [6.45, 7) is 8.47. The number of nitrogens with zero attached hydrogens (tertiary/aromatic N) is 2. The van der Waals surface area contributed by atoms with Crippen LogP contribution in [0.5, 0.6) is 0 Å². The summed E-state index contributed by atoms with van der Waals surface area (Å²) >= 11 is 0. The topological polar surface area (TPSA) is 60.9 Å². The zero-order chi connectivity index (χ0) is 11.5. The van der Waals surface area contributed by atoms with Crippen molar-refractivity contribution in [3.8, 4) is 0 Å². The second-order valence-corrected chi connectivity index (χ2v) is 5.83. The van der Waals surface area contributed by atoms with E-state index in [1.165, 1.54) is 0 Å². The van der Waals surface area contributed by atoms with Crippen LogP contribution in [-0.2, 0) is 10.1 Å². The fourth-order valence-corrected chi connectivity index (χ4v) is 2.24. The van der Waals surface area contributed by atoms with Crippen LogP contribution in [0.2, 0.25) is 0 Å². The lowest BCUT2D eigenvalue weighted by molar-refractivity contribution is 0.112. The Hall–Kier alpha value is -0.170. The number of hydrogen-bond acceptors (Lipinski definition) is 4. The highest BCUT2D eigenvalue weighted by Crippen LogP contribution is 2.05. The van der Waals surface area contributed by atoms with Gasteiger partial charge in [0.1, 0.15) is 0 Å². The Morgan fingerprint density at radius 1 is 1.20 bits per heavy atom. The Balaban J connectivity index is 2.26. The highest BCUT2D eigenvalue weighted by Gasteiger charge is 2.19. The van der Waals surface area contributed by atoms with Crippen LogP contribution in [0.1, 0.15) is 13.8 Å². The van der Waals surface area contributed by atoms with Gasteiger partial charge in [-0.25, -0.2) is 0 Å². The minimum Gasteiger partial charge on any atom is -0.300 e. The SMILES string of the molecule is CC(C)N1CCN(CCS(=O)(=O)O)CC1. The summed E-state index contributed by atoms with van der Waals surface area (Å²) in [7, 11) is -3.81. The molecule has 1 heterocycles. The van der Waals surface area contributed by atoms with Crippen molar-refractivity contribution < 1.29 is 13.0 Å². The second-order valence-electron chi connectivity index (χ2n) is 4.26. The highest BCUT2D eigenvalue weighted by molar-refractivity contribution is 7.85. The Morgan fingerprint density at radius 2 is 1.73 bits per heavy atom. The summed E-state index contributed by atoms with van der Waals surface area (Å²) in [6, 6.07) is 0.550. The zero-order valence-corrected chi connectivity index (χ0v) is 10.2. The average Bonchev–Trinajstić information content (AvgIpc) is 2.14. The van der Waals surface area contributed by atoms with Crippen LogP contribution in [0.15, 0.2) is 0 Å². The Bertz CT molecular complexity index is 282. The van der Waals surface area contributed by atoms with Crippen LogP contribution in [0.4, 0.5) is 0 Å². The lowest BCUT2D eigenvalue weighted by atomic mass is 10.2. The molecule has 90 valence electrons. The molecule has 0 amide bonds. The predicted molar refractivity (Wildman–Crippen MR) is 59.6 cm³/mol. The van der Waals surface area contributed by atoms with Gasteiger partial charge in [-0.2, -0.15) is 8.42 Å². The van der Waals surface area contributed by atoms with Crippen LogP contribution in [-0.4, -0.2) is 67.3 Å². The maximum absolute atomic E-state index is 10.6. The summed E-state index contributed by atoms with van der Waals surface area (Å²) in [5.74, 6) is -0.158. The van der Waals surface area contributed by atoms with E-state index in [0.717, 1.165) is 26.2 Å². The van der Waals surface area contributed by atoms with E-state index >= 15 is 0 Å². The van der Waals surface area contributed by atoms with Gasteiger partial charge in [-0.1, -0.05) is 0 Å². The van der Waals surface area contributed by atoms with Gasteiger partial charge >= 0.3 is 0 Å². The summed E-state index contributed by atoms with van der Waals surface area (Å²) in [4.78, 5) is 4.44. The van der Waals surface area contributed by atoms with Crippen LogP contribution < -0.4 is 0 Å². The van der Waals surface area contributed by atoms with E-state index in [1.807, 2.05) is 0 Å². The van der Waals surface area contributed by atoms with Crippen molar-refractivity contribution in [2.75, 3.05) is 38.5 Å². The van der Waals surface area contributed by atoms with Crippen molar-refractivity contribution in [2.45, 2.75) is 19.9 Å². The van der Waals surface area contributed by atoms with E-state index in [9.17, 15) is 8.42 Å². The van der Waals surface area contributed by atoms with Gasteiger partial charge in [0.15, 0.2) is 0 Å². The summed E-state index contributed by atoms with van der Waals surface area (Å²) in [5, 5.41) is 0. The van der Waals surface area contributed by atoms with E-state index in [-0.39, 0.29) is 5.75 Å². The summed E-state index contributed by atoms with van der Waals surface area (Å²) < 4.78 is 29.8. The molecule has 1 rings (SSSR count). The van der Waals surface area contributed by atoms with Crippen molar-refractivity contribution in [2.24, 2.45) is 0 Å². The van der Waals surface area contributed by atoms with E-state index in [1.54, 1.807) is 0 Å². The molecule has 6 heteroatoms. The molecule has 0 atom stereocenters. The molecule has 1 aliphatic heterocycles. The standard InChI is InChI=1S/C9H20N2O3S/c1-9(2)11-5-3-10(4-6-11)7-8-15(12,13)14/h9H,3-8H2,1-2H3,(H,12,13,14). The van der Waals surface area contributed by atoms with Crippen molar-refractivity contribution in [3.63, 3.8) is 0 Å². The van der Waals surface area contributed by atoms with E-state index in [4.69, 9.17) is 4.55 Å². The minimum atomic E-state index is -3.81. The van der Waals surface area contributed by atoms with Crippen LogP contribution in [0.3, 0.4) is 0 Å². The molecule has 0 spiro atoms. The molecule has 0 aromatic heterocycles. The van der Waals surface area contributed by atoms with Gasteiger partial charge in [-0.3, -0.25) is 14.4 Å². The van der Waals surface area contributed by atoms with Crippen molar-refractivity contribution in [3.05, 3.63) is 0 Å². The fourth-order valence-electron chi connectivity index (χ4n) is 1.75. The molecule has 0 aromatic rings. The first kappa shape index (κ1) is 12.9. The molecule has 1 aliphatic rings. The molecular formula is C9H20N2O3S. The van der Waals surface area contributed by atoms with Crippen LogP contribution in [0, 0.1) is 0 Å². The zero-order valence-electron chi connectivity index (χ0n) is 9.39. The third kappa shape index (κ3) is 4.92. The number of rotatable bonds is 4. The van der Waals surface area contributed by atoms with Gasteiger partial charge in [0.2, 0.25) is 0 Å². The van der Waals surface area contributed by atoms with E-state index in [2.05, 4.69) is 23.6 Å². The summed E-state index contributed by atoms with van der Waals surface area (Å²) in [5.41, 5.74) is 0. The lowest BCUT2D eigenvalue weighted by Gasteiger charge is -2.36. The Morgan fingerprint density at radius 3 is 2.13 bits per heavy atom. The van der Waals surface area contributed by atoms with Gasteiger partial charge in [-0.05, 0) is 13.8 Å². The second kappa shape index (κ2) is 5.25. The van der Waals surface area contributed by atoms with Crippen LogP contribution >= 0.6 is 0 Å². The maximum atomic E-state index is 10.6. The van der Waals surface area contributed by atoms with Crippen molar-refractivity contribution in [1.29, 1.82) is 0 Å². The average molecular weight is 236 g/mol. The Labute approximate surface area is 91.8 Å². The first-order valence-corrected chi connectivity index (χ1v) is 6.91. The van der Waals surface area contributed by atoms with E-state index in [0.29, 0.717) is 12.6 Å². The van der Waals surface area contributed by atoms with Crippen molar-refractivity contribution >= 4 is 10.1 Å². The fraction of sp³-hybridized carbons (Fsp3) is 1.00. The third-order valence-corrected chi connectivity index (χ3v) is 3.50. The molecule has 1 fully saturated rings. The number of piperazine rings is 1. The molecule has 15 heavy (non-hydrogen) atoms. The predicted octanol–water partition coefficient (Wildman–Crippen LogP) is -0.0998. The first-order valence-electron chi connectivity index (χ1n) is 5.30. The van der Waals surface area contributed by atoms with Gasteiger partial charge in [0, 0.05) is 38.8 Å². The summed E-state index contributed by atoms with van der Waals surface area (Å²) in [6.07, 6.45) is 0. The smallest absolute Gasteiger partial charge is 0.266 e. The monoisotopic (exact) mass is 236 g/mol.